The lowest BCUT2D eigenvalue weighted by molar-refractivity contribution is 0.508. The summed E-state index contributed by atoms with van der Waals surface area (Å²) in [5.74, 6) is 2.88. The molecule has 2 N–H and O–H groups in total. The summed E-state index contributed by atoms with van der Waals surface area (Å²) in [5, 5.41) is 19.4. The average Bonchev–Trinajstić information content (AvgIpc) is 3.26. The van der Waals surface area contributed by atoms with Gasteiger partial charge in [-0.3, -0.25) is 4.68 Å². The minimum absolute atomic E-state index is 0.557. The maximum Gasteiger partial charge on any atom is 0.191 e. The van der Waals surface area contributed by atoms with Gasteiger partial charge in [0.05, 0.1) is 0 Å². The van der Waals surface area contributed by atoms with E-state index in [2.05, 4.69) is 42.4 Å². The Labute approximate surface area is 142 Å². The third-order valence-electron chi connectivity index (χ3n) is 4.07. The molecule has 0 radical (unpaired) electrons. The molecule has 1 aliphatic rings. The second-order valence-corrected chi connectivity index (χ2v) is 5.89. The number of fused-ring (bicyclic) bond motifs is 1. The van der Waals surface area contributed by atoms with Crippen molar-refractivity contribution in [3.8, 4) is 0 Å². The molecular formula is C16H26N8. The molecule has 0 saturated carbocycles. The van der Waals surface area contributed by atoms with Crippen LogP contribution >= 0.6 is 0 Å². The Morgan fingerprint density at radius 3 is 3.08 bits per heavy atom. The SMILES string of the molecule is CCNC(=NCc1nnc2n1CCCC2)NCCCn1cccn1. The number of rotatable bonds is 7. The molecule has 0 bridgehead atoms. The summed E-state index contributed by atoms with van der Waals surface area (Å²) in [6, 6.07) is 1.94. The van der Waals surface area contributed by atoms with Gasteiger partial charge in [-0.25, -0.2) is 4.99 Å². The fraction of sp³-hybridized carbons (Fsp3) is 0.625. The van der Waals surface area contributed by atoms with Gasteiger partial charge in [-0.15, -0.1) is 10.2 Å². The molecule has 24 heavy (non-hydrogen) atoms. The molecule has 3 heterocycles. The van der Waals surface area contributed by atoms with E-state index in [1.807, 2.05) is 16.9 Å². The molecule has 0 aliphatic carbocycles. The maximum absolute atomic E-state index is 4.65. The molecule has 3 rings (SSSR count). The zero-order chi connectivity index (χ0) is 16.6. The van der Waals surface area contributed by atoms with Gasteiger partial charge in [0, 0.05) is 45.0 Å². The Hall–Kier alpha value is -2.38. The van der Waals surface area contributed by atoms with Gasteiger partial charge in [-0.05, 0) is 32.3 Å². The molecule has 2 aromatic heterocycles. The Morgan fingerprint density at radius 1 is 1.29 bits per heavy atom. The maximum atomic E-state index is 4.65. The number of hydrogen-bond donors (Lipinski definition) is 2. The summed E-state index contributed by atoms with van der Waals surface area (Å²) in [4.78, 5) is 4.65. The van der Waals surface area contributed by atoms with Crippen LogP contribution < -0.4 is 10.6 Å². The van der Waals surface area contributed by atoms with Crippen LogP contribution in [0.3, 0.4) is 0 Å². The number of guanidine groups is 1. The molecule has 2 aromatic rings. The van der Waals surface area contributed by atoms with Crippen molar-refractivity contribution in [2.75, 3.05) is 13.1 Å². The van der Waals surface area contributed by atoms with Crippen molar-refractivity contribution >= 4 is 5.96 Å². The Bertz CT molecular complexity index is 643. The quantitative estimate of drug-likeness (QED) is 0.449. The predicted molar refractivity (Wildman–Crippen MR) is 92.6 cm³/mol. The molecule has 0 saturated heterocycles. The summed E-state index contributed by atoms with van der Waals surface area (Å²) in [6.45, 7) is 6.23. The monoisotopic (exact) mass is 330 g/mol. The molecule has 0 spiro atoms. The second kappa shape index (κ2) is 8.47. The largest absolute Gasteiger partial charge is 0.357 e. The second-order valence-electron chi connectivity index (χ2n) is 5.89. The normalized spacial score (nSPS) is 14.5. The van der Waals surface area contributed by atoms with Crippen LogP contribution in [0.15, 0.2) is 23.5 Å². The van der Waals surface area contributed by atoms with Gasteiger partial charge < -0.3 is 15.2 Å². The zero-order valence-electron chi connectivity index (χ0n) is 14.3. The van der Waals surface area contributed by atoms with Gasteiger partial charge >= 0.3 is 0 Å². The molecule has 0 fully saturated rings. The Balaban J connectivity index is 1.50. The van der Waals surface area contributed by atoms with Crippen LogP contribution in [0.5, 0.6) is 0 Å². The van der Waals surface area contributed by atoms with E-state index in [-0.39, 0.29) is 0 Å². The number of hydrogen-bond acceptors (Lipinski definition) is 4. The molecule has 0 atom stereocenters. The van der Waals surface area contributed by atoms with Crippen molar-refractivity contribution in [3.63, 3.8) is 0 Å². The molecule has 130 valence electrons. The molecule has 0 aromatic carbocycles. The van der Waals surface area contributed by atoms with Crippen LogP contribution in [0.25, 0.3) is 0 Å². The van der Waals surface area contributed by atoms with E-state index in [0.29, 0.717) is 6.54 Å². The summed E-state index contributed by atoms with van der Waals surface area (Å²) in [5.41, 5.74) is 0. The van der Waals surface area contributed by atoms with E-state index in [4.69, 9.17) is 0 Å². The van der Waals surface area contributed by atoms with Gasteiger partial charge in [0.15, 0.2) is 11.8 Å². The minimum Gasteiger partial charge on any atom is -0.357 e. The lowest BCUT2D eigenvalue weighted by Crippen LogP contribution is -2.38. The fourth-order valence-corrected chi connectivity index (χ4v) is 2.86. The summed E-state index contributed by atoms with van der Waals surface area (Å²) >= 11 is 0. The van der Waals surface area contributed by atoms with Gasteiger partial charge in [-0.1, -0.05) is 0 Å². The van der Waals surface area contributed by atoms with Crippen LogP contribution in [0.4, 0.5) is 0 Å². The summed E-state index contributed by atoms with van der Waals surface area (Å²) < 4.78 is 4.16. The van der Waals surface area contributed by atoms with Crippen LogP contribution in [0.2, 0.25) is 0 Å². The van der Waals surface area contributed by atoms with Crippen molar-refractivity contribution in [1.82, 2.24) is 35.2 Å². The van der Waals surface area contributed by atoms with Gasteiger partial charge in [0.25, 0.3) is 0 Å². The number of aryl methyl sites for hydroxylation is 2. The number of nitrogens with zero attached hydrogens (tertiary/aromatic N) is 6. The predicted octanol–water partition coefficient (Wildman–Crippen LogP) is 0.956. The smallest absolute Gasteiger partial charge is 0.191 e. The number of aliphatic imine (C=N–C) groups is 1. The lowest BCUT2D eigenvalue weighted by atomic mass is 10.2. The van der Waals surface area contributed by atoms with E-state index in [0.717, 1.165) is 56.6 Å². The minimum atomic E-state index is 0.557. The first-order valence-electron chi connectivity index (χ1n) is 8.77. The van der Waals surface area contributed by atoms with Crippen LogP contribution in [-0.2, 0) is 26.1 Å². The average molecular weight is 330 g/mol. The van der Waals surface area contributed by atoms with Crippen molar-refractivity contribution in [1.29, 1.82) is 0 Å². The zero-order valence-corrected chi connectivity index (χ0v) is 14.3. The van der Waals surface area contributed by atoms with Crippen LogP contribution in [0.1, 0.15) is 37.8 Å². The third-order valence-corrected chi connectivity index (χ3v) is 4.07. The highest BCUT2D eigenvalue weighted by Crippen LogP contribution is 2.14. The van der Waals surface area contributed by atoms with E-state index >= 15 is 0 Å². The van der Waals surface area contributed by atoms with Crippen molar-refractivity contribution in [3.05, 3.63) is 30.1 Å². The van der Waals surface area contributed by atoms with Crippen LogP contribution in [0, 0.1) is 0 Å². The highest BCUT2D eigenvalue weighted by molar-refractivity contribution is 5.79. The van der Waals surface area contributed by atoms with Crippen molar-refractivity contribution in [2.24, 2.45) is 4.99 Å². The van der Waals surface area contributed by atoms with Gasteiger partial charge in [0.2, 0.25) is 0 Å². The topological polar surface area (TPSA) is 85.0 Å². The molecule has 0 unspecified atom stereocenters. The first-order chi connectivity index (χ1) is 11.9. The lowest BCUT2D eigenvalue weighted by Gasteiger charge is -2.14. The first kappa shape index (κ1) is 16.5. The van der Waals surface area contributed by atoms with Gasteiger partial charge in [-0.2, -0.15) is 5.10 Å². The van der Waals surface area contributed by atoms with Crippen molar-refractivity contribution in [2.45, 2.75) is 52.2 Å². The van der Waals surface area contributed by atoms with E-state index in [1.165, 1.54) is 12.8 Å². The Kier molecular flexibility index (Phi) is 5.81. The van der Waals surface area contributed by atoms with E-state index in [1.54, 1.807) is 6.20 Å². The molecular weight excluding hydrogens is 304 g/mol. The first-order valence-corrected chi connectivity index (χ1v) is 8.77. The van der Waals surface area contributed by atoms with E-state index in [9.17, 15) is 0 Å². The fourth-order valence-electron chi connectivity index (χ4n) is 2.86. The molecule has 8 nitrogen and oxygen atoms in total. The van der Waals surface area contributed by atoms with E-state index < -0.39 is 0 Å². The summed E-state index contributed by atoms with van der Waals surface area (Å²) in [6.07, 6.45) is 8.22. The highest BCUT2D eigenvalue weighted by Gasteiger charge is 2.15. The molecule has 8 heteroatoms. The Morgan fingerprint density at radius 2 is 2.25 bits per heavy atom. The standard InChI is InChI=1S/C16H26N8/c1-2-17-16(18-8-5-10-23-11-6-9-20-23)19-13-15-22-21-14-7-3-4-12-24(14)15/h6,9,11H,2-5,7-8,10,12-13H2,1H3,(H2,17,18,19). The number of aromatic nitrogens is 5. The van der Waals surface area contributed by atoms with Crippen LogP contribution in [-0.4, -0.2) is 43.6 Å². The summed E-state index contributed by atoms with van der Waals surface area (Å²) in [7, 11) is 0. The third kappa shape index (κ3) is 4.33. The molecule has 0 amide bonds. The number of nitrogens with one attached hydrogen (secondary N) is 2. The molecule has 1 aliphatic heterocycles. The van der Waals surface area contributed by atoms with Crippen molar-refractivity contribution < 1.29 is 0 Å². The highest BCUT2D eigenvalue weighted by atomic mass is 15.3. The van der Waals surface area contributed by atoms with Gasteiger partial charge in [0.1, 0.15) is 12.4 Å².